The van der Waals surface area contributed by atoms with Crippen LogP contribution >= 0.6 is 0 Å². The van der Waals surface area contributed by atoms with Gasteiger partial charge < -0.3 is 15.4 Å². The van der Waals surface area contributed by atoms with Crippen LogP contribution in [-0.2, 0) is 26.1 Å². The van der Waals surface area contributed by atoms with Gasteiger partial charge in [0.15, 0.2) is 0 Å². The highest BCUT2D eigenvalue weighted by Gasteiger charge is 2.29. The molecule has 0 radical (unpaired) electrons. The van der Waals surface area contributed by atoms with Crippen LogP contribution in [0.3, 0.4) is 0 Å². The summed E-state index contributed by atoms with van der Waals surface area (Å²) in [6, 6.07) is 9.67. The van der Waals surface area contributed by atoms with Crippen molar-refractivity contribution >= 4 is 38.6 Å². The van der Waals surface area contributed by atoms with Crippen molar-refractivity contribution in [2.24, 2.45) is 0 Å². The van der Waals surface area contributed by atoms with Crippen LogP contribution in [0, 0.1) is 0 Å². The van der Waals surface area contributed by atoms with Gasteiger partial charge in [0.1, 0.15) is 17.5 Å². The third-order valence-corrected chi connectivity index (χ3v) is 7.14. The van der Waals surface area contributed by atoms with E-state index in [-0.39, 0.29) is 12.3 Å². The molecular weight excluding hydrogens is 520 g/mol. The monoisotopic (exact) mass is 558 g/mol. The van der Waals surface area contributed by atoms with Crippen molar-refractivity contribution in [1.29, 1.82) is 0 Å². The minimum atomic E-state index is -3.73. The standard InChI is InChI=1S/C27H38N6O5S/c1-5-6-16-39(36,37)32-22(26(35)38-27(2,3)4)19-30-25(34)20-11-12-23-21(17-20)18-31-33(23)15-9-14-29-24-10-7-8-13-28-24/h7-8,10-13,17-18,22,32H,5-6,9,14-16,19H2,1-4H3,(H,28,29)(H,30,34)/t22-/m0/s1. The Bertz CT molecular complexity index is 1350. The van der Waals surface area contributed by atoms with Gasteiger partial charge in [0.25, 0.3) is 5.91 Å². The molecule has 212 valence electrons. The average molecular weight is 559 g/mol. The zero-order chi connectivity index (χ0) is 28.5. The van der Waals surface area contributed by atoms with Crippen molar-refractivity contribution in [3.05, 3.63) is 54.4 Å². The lowest BCUT2D eigenvalue weighted by molar-refractivity contribution is -0.156. The second kappa shape index (κ2) is 13.5. The Hall–Kier alpha value is -3.51. The third-order valence-electron chi connectivity index (χ3n) is 5.67. The summed E-state index contributed by atoms with van der Waals surface area (Å²) in [5.74, 6) is -0.486. The maximum absolute atomic E-state index is 12.9. The molecule has 0 bridgehead atoms. The topological polar surface area (TPSA) is 144 Å². The molecule has 0 aliphatic heterocycles. The zero-order valence-electron chi connectivity index (χ0n) is 22.9. The van der Waals surface area contributed by atoms with Crippen molar-refractivity contribution in [3.63, 3.8) is 0 Å². The number of fused-ring (bicyclic) bond motifs is 1. The van der Waals surface area contributed by atoms with Gasteiger partial charge in [0.05, 0.1) is 17.5 Å². The fraction of sp³-hybridized carbons (Fsp3) is 0.481. The molecule has 0 spiro atoms. The van der Waals surface area contributed by atoms with Crippen molar-refractivity contribution in [3.8, 4) is 0 Å². The number of nitrogens with zero attached hydrogens (tertiary/aromatic N) is 3. The number of benzene rings is 1. The van der Waals surface area contributed by atoms with E-state index in [1.54, 1.807) is 45.3 Å². The van der Waals surface area contributed by atoms with Gasteiger partial charge in [-0.1, -0.05) is 19.4 Å². The van der Waals surface area contributed by atoms with Gasteiger partial charge >= 0.3 is 5.97 Å². The Labute approximate surface area is 229 Å². The van der Waals surface area contributed by atoms with Crippen molar-refractivity contribution < 1.29 is 22.7 Å². The quantitative estimate of drug-likeness (QED) is 0.202. The Kier molecular flexibility index (Phi) is 10.4. The van der Waals surface area contributed by atoms with E-state index in [1.165, 1.54) is 0 Å². The molecule has 0 unspecified atom stereocenters. The molecule has 3 aromatic rings. The molecule has 1 amide bonds. The van der Waals surface area contributed by atoms with Gasteiger partial charge in [-0.05, 0) is 63.9 Å². The first-order valence-corrected chi connectivity index (χ1v) is 14.7. The van der Waals surface area contributed by atoms with Gasteiger partial charge in [0, 0.05) is 36.8 Å². The van der Waals surface area contributed by atoms with E-state index in [9.17, 15) is 18.0 Å². The molecule has 1 aromatic carbocycles. The van der Waals surface area contributed by atoms with Gasteiger partial charge in [-0.3, -0.25) is 14.3 Å². The molecule has 0 aliphatic rings. The predicted octanol–water partition coefficient (Wildman–Crippen LogP) is 3.09. The minimum absolute atomic E-state index is 0.114. The molecule has 11 nitrogen and oxygen atoms in total. The summed E-state index contributed by atoms with van der Waals surface area (Å²) in [6.45, 7) is 8.13. The summed E-state index contributed by atoms with van der Waals surface area (Å²) in [7, 11) is -3.73. The molecule has 2 aromatic heterocycles. The summed E-state index contributed by atoms with van der Waals surface area (Å²) in [6.07, 6.45) is 5.41. The maximum atomic E-state index is 12.9. The number of amides is 1. The number of esters is 1. The van der Waals surface area contributed by atoms with Gasteiger partial charge in [-0.2, -0.15) is 9.82 Å². The first-order chi connectivity index (χ1) is 18.5. The summed E-state index contributed by atoms with van der Waals surface area (Å²) in [5, 5.41) is 11.2. The van der Waals surface area contributed by atoms with Gasteiger partial charge in [-0.25, -0.2) is 13.4 Å². The highest BCUT2D eigenvalue weighted by atomic mass is 32.2. The van der Waals surface area contributed by atoms with Gasteiger partial charge in [-0.15, -0.1) is 0 Å². The highest BCUT2D eigenvalue weighted by molar-refractivity contribution is 7.89. The molecule has 12 heteroatoms. The molecule has 1 atom stereocenters. The molecule has 3 rings (SSSR count). The molecule has 0 aliphatic carbocycles. The number of unbranched alkanes of at least 4 members (excludes halogenated alkanes) is 1. The zero-order valence-corrected chi connectivity index (χ0v) is 23.8. The van der Waals surface area contributed by atoms with E-state index in [0.717, 1.165) is 29.7 Å². The van der Waals surface area contributed by atoms with E-state index < -0.39 is 33.5 Å². The van der Waals surface area contributed by atoms with Crippen LogP contribution in [0.1, 0.15) is 57.3 Å². The van der Waals surface area contributed by atoms with Gasteiger partial charge in [0.2, 0.25) is 10.0 Å². The van der Waals surface area contributed by atoms with Crippen molar-refractivity contribution in [2.45, 2.75) is 65.1 Å². The van der Waals surface area contributed by atoms with E-state index in [0.29, 0.717) is 24.9 Å². The summed E-state index contributed by atoms with van der Waals surface area (Å²) < 4.78 is 34.5. The average Bonchev–Trinajstić information content (AvgIpc) is 3.29. The number of rotatable bonds is 14. The number of aryl methyl sites for hydroxylation is 1. The van der Waals surface area contributed by atoms with Crippen LogP contribution in [0.2, 0.25) is 0 Å². The molecule has 0 saturated carbocycles. The minimum Gasteiger partial charge on any atom is -0.459 e. The Morgan fingerprint density at radius 1 is 1.13 bits per heavy atom. The van der Waals surface area contributed by atoms with E-state index >= 15 is 0 Å². The largest absolute Gasteiger partial charge is 0.459 e. The summed E-state index contributed by atoms with van der Waals surface area (Å²) >= 11 is 0. The summed E-state index contributed by atoms with van der Waals surface area (Å²) in [5.41, 5.74) is 0.448. The Morgan fingerprint density at radius 2 is 1.92 bits per heavy atom. The van der Waals surface area contributed by atoms with Crippen molar-refractivity contribution in [2.75, 3.05) is 24.2 Å². The van der Waals surface area contributed by atoms with Crippen LogP contribution in [-0.4, -0.2) is 65.5 Å². The predicted molar refractivity (Wildman–Crippen MR) is 151 cm³/mol. The lowest BCUT2D eigenvalue weighted by atomic mass is 10.1. The number of carbonyl (C=O) groups excluding carboxylic acids is 2. The van der Waals surface area contributed by atoms with E-state index in [4.69, 9.17) is 4.74 Å². The molecule has 3 N–H and O–H groups in total. The molecule has 2 heterocycles. The first kappa shape index (κ1) is 30.0. The number of ether oxygens (including phenoxy) is 1. The summed E-state index contributed by atoms with van der Waals surface area (Å²) in [4.78, 5) is 29.9. The second-order valence-corrected chi connectivity index (χ2v) is 12.1. The lowest BCUT2D eigenvalue weighted by Gasteiger charge is -2.24. The van der Waals surface area contributed by atoms with Crippen LogP contribution in [0.4, 0.5) is 5.82 Å². The smallest absolute Gasteiger partial charge is 0.326 e. The Balaban J connectivity index is 1.61. The number of sulfonamides is 1. The van der Waals surface area contributed by atoms with Crippen LogP contribution in [0.5, 0.6) is 0 Å². The number of anilines is 1. The number of aromatic nitrogens is 3. The van der Waals surface area contributed by atoms with Crippen molar-refractivity contribution in [1.82, 2.24) is 24.8 Å². The van der Waals surface area contributed by atoms with Crippen LogP contribution < -0.4 is 15.4 Å². The first-order valence-electron chi connectivity index (χ1n) is 13.1. The maximum Gasteiger partial charge on any atom is 0.326 e. The molecule has 0 saturated heterocycles. The number of nitrogens with one attached hydrogen (secondary N) is 3. The number of carbonyl (C=O) groups is 2. The Morgan fingerprint density at radius 3 is 2.62 bits per heavy atom. The van der Waals surface area contributed by atoms with E-state index in [2.05, 4.69) is 25.4 Å². The fourth-order valence-electron chi connectivity index (χ4n) is 3.77. The number of hydrogen-bond donors (Lipinski definition) is 3. The van der Waals surface area contributed by atoms with E-state index in [1.807, 2.05) is 35.9 Å². The van der Waals surface area contributed by atoms with Crippen LogP contribution in [0.15, 0.2) is 48.8 Å². The third kappa shape index (κ3) is 9.63. The highest BCUT2D eigenvalue weighted by Crippen LogP contribution is 2.17. The van der Waals surface area contributed by atoms with Crippen LogP contribution in [0.25, 0.3) is 10.9 Å². The number of pyridine rings is 1. The second-order valence-electron chi connectivity index (χ2n) is 10.2. The molecule has 39 heavy (non-hydrogen) atoms. The molecule has 0 fully saturated rings. The SMILES string of the molecule is CCCCS(=O)(=O)N[C@@H](CNC(=O)c1ccc2c(cnn2CCCNc2ccccn2)c1)C(=O)OC(C)(C)C. The number of hydrogen-bond acceptors (Lipinski definition) is 8. The lowest BCUT2D eigenvalue weighted by Crippen LogP contribution is -2.51. The fourth-order valence-corrected chi connectivity index (χ4v) is 5.17. The normalized spacial score (nSPS) is 12.7. The molecular formula is C27H38N6O5S.